The van der Waals surface area contributed by atoms with Crippen LogP contribution in [-0.4, -0.2) is 24.2 Å². The first kappa shape index (κ1) is 12.6. The average molecular weight is 282 g/mol. The molecule has 2 aromatic heterocycles. The van der Waals surface area contributed by atoms with Crippen LogP contribution in [0.4, 0.5) is 0 Å². The van der Waals surface area contributed by atoms with Gasteiger partial charge in [0.1, 0.15) is 11.9 Å². The van der Waals surface area contributed by atoms with Crippen LogP contribution >= 0.6 is 0 Å². The molecule has 0 radical (unpaired) electrons. The number of hydrogen-bond donors (Lipinski definition) is 1. The first-order chi connectivity index (χ1) is 10.2. The summed E-state index contributed by atoms with van der Waals surface area (Å²) in [5, 5.41) is 10.6. The second-order valence-corrected chi connectivity index (χ2v) is 5.75. The summed E-state index contributed by atoms with van der Waals surface area (Å²) in [5.41, 5.74) is 2.96. The zero-order chi connectivity index (χ0) is 14.4. The highest BCUT2D eigenvalue weighted by Gasteiger charge is 2.27. The Bertz CT molecular complexity index is 785. The van der Waals surface area contributed by atoms with Crippen LogP contribution < -0.4 is 0 Å². The summed E-state index contributed by atoms with van der Waals surface area (Å²) >= 11 is 0. The molecule has 1 fully saturated rings. The smallest absolute Gasteiger partial charge is 0.112 e. The van der Waals surface area contributed by atoms with Crippen molar-refractivity contribution in [2.24, 2.45) is 7.05 Å². The molecule has 1 unspecified atom stereocenters. The number of imidazole rings is 2. The predicted molar refractivity (Wildman–Crippen MR) is 79.9 cm³/mol. The Morgan fingerprint density at radius 2 is 2.14 bits per heavy atom. The molecule has 0 saturated heterocycles. The molecule has 108 valence electrons. The maximum atomic E-state index is 10.6. The van der Waals surface area contributed by atoms with Crippen molar-refractivity contribution in [1.82, 2.24) is 19.1 Å². The quantitative estimate of drug-likeness (QED) is 0.799. The van der Waals surface area contributed by atoms with E-state index in [0.29, 0.717) is 12.5 Å². The van der Waals surface area contributed by atoms with E-state index in [1.807, 2.05) is 37.6 Å². The first-order valence-corrected chi connectivity index (χ1v) is 7.34. The fourth-order valence-corrected chi connectivity index (χ4v) is 2.89. The molecular weight excluding hydrogens is 264 g/mol. The summed E-state index contributed by atoms with van der Waals surface area (Å²) in [6.45, 7) is 0. The molecule has 4 rings (SSSR count). The summed E-state index contributed by atoms with van der Waals surface area (Å²) in [7, 11) is 2.00. The van der Waals surface area contributed by atoms with Crippen LogP contribution in [0, 0.1) is 0 Å². The number of para-hydroxylation sites is 2. The standard InChI is InChI=1S/C16H18N4O/c1-19-13-5-3-2-4-12(13)18-16(19)8-15(21)14-9-17-10-20(14)11-6-7-11/h2-5,9-11,15,21H,6-8H2,1H3. The zero-order valence-corrected chi connectivity index (χ0v) is 12.0. The highest BCUT2D eigenvalue weighted by molar-refractivity contribution is 5.75. The van der Waals surface area contributed by atoms with Crippen LogP contribution in [0.3, 0.4) is 0 Å². The lowest BCUT2D eigenvalue weighted by molar-refractivity contribution is 0.165. The minimum atomic E-state index is -0.566. The van der Waals surface area contributed by atoms with Crippen molar-refractivity contribution in [1.29, 1.82) is 0 Å². The fraction of sp³-hybridized carbons (Fsp3) is 0.375. The van der Waals surface area contributed by atoms with E-state index in [2.05, 4.69) is 19.1 Å². The maximum absolute atomic E-state index is 10.6. The molecule has 1 saturated carbocycles. The minimum absolute atomic E-state index is 0.504. The van der Waals surface area contributed by atoms with Gasteiger partial charge < -0.3 is 14.2 Å². The summed E-state index contributed by atoms with van der Waals surface area (Å²) in [6.07, 6.45) is 5.90. The lowest BCUT2D eigenvalue weighted by Gasteiger charge is -2.13. The Morgan fingerprint density at radius 3 is 2.90 bits per heavy atom. The van der Waals surface area contributed by atoms with Crippen molar-refractivity contribution >= 4 is 11.0 Å². The minimum Gasteiger partial charge on any atom is -0.386 e. The number of hydrogen-bond acceptors (Lipinski definition) is 3. The van der Waals surface area contributed by atoms with Gasteiger partial charge in [0.15, 0.2) is 0 Å². The van der Waals surface area contributed by atoms with Gasteiger partial charge in [-0.15, -0.1) is 0 Å². The Labute approximate surface area is 122 Å². The van der Waals surface area contributed by atoms with Crippen LogP contribution in [0.1, 0.15) is 36.5 Å². The third-order valence-electron chi connectivity index (χ3n) is 4.23. The van der Waals surface area contributed by atoms with E-state index in [1.165, 1.54) is 12.8 Å². The van der Waals surface area contributed by atoms with E-state index >= 15 is 0 Å². The molecule has 1 N–H and O–H groups in total. The maximum Gasteiger partial charge on any atom is 0.112 e. The molecule has 0 bridgehead atoms. The summed E-state index contributed by atoms with van der Waals surface area (Å²) < 4.78 is 4.16. The lowest BCUT2D eigenvalue weighted by Crippen LogP contribution is -2.11. The van der Waals surface area contributed by atoms with E-state index in [-0.39, 0.29) is 0 Å². The molecule has 0 amide bonds. The number of aryl methyl sites for hydroxylation is 1. The van der Waals surface area contributed by atoms with Crippen molar-refractivity contribution in [2.75, 3.05) is 0 Å². The molecule has 1 aliphatic carbocycles. The van der Waals surface area contributed by atoms with Crippen LogP contribution in [0.15, 0.2) is 36.8 Å². The lowest BCUT2D eigenvalue weighted by atomic mass is 10.2. The van der Waals surface area contributed by atoms with Gasteiger partial charge in [0.2, 0.25) is 0 Å². The van der Waals surface area contributed by atoms with Crippen molar-refractivity contribution in [3.63, 3.8) is 0 Å². The molecule has 0 spiro atoms. The molecule has 1 aromatic carbocycles. The van der Waals surface area contributed by atoms with Gasteiger partial charge in [-0.3, -0.25) is 0 Å². The number of aliphatic hydroxyl groups excluding tert-OH is 1. The van der Waals surface area contributed by atoms with E-state index in [9.17, 15) is 5.11 Å². The van der Waals surface area contributed by atoms with E-state index in [0.717, 1.165) is 22.6 Å². The topological polar surface area (TPSA) is 55.9 Å². The molecule has 5 heteroatoms. The molecule has 1 atom stereocenters. The normalized spacial score (nSPS) is 16.5. The van der Waals surface area contributed by atoms with Gasteiger partial charge in [0, 0.05) is 19.5 Å². The fourth-order valence-electron chi connectivity index (χ4n) is 2.89. The Morgan fingerprint density at radius 1 is 1.33 bits per heavy atom. The van der Waals surface area contributed by atoms with Crippen LogP contribution in [0.2, 0.25) is 0 Å². The number of aliphatic hydroxyl groups is 1. The van der Waals surface area contributed by atoms with Gasteiger partial charge in [-0.05, 0) is 25.0 Å². The Hall–Kier alpha value is -2.14. The summed E-state index contributed by atoms with van der Waals surface area (Å²) in [5.74, 6) is 0.896. The number of benzene rings is 1. The number of fused-ring (bicyclic) bond motifs is 1. The molecule has 21 heavy (non-hydrogen) atoms. The van der Waals surface area contributed by atoms with Gasteiger partial charge in [-0.1, -0.05) is 12.1 Å². The average Bonchev–Trinajstić information content (AvgIpc) is 3.14. The zero-order valence-electron chi connectivity index (χ0n) is 12.0. The van der Waals surface area contributed by atoms with Gasteiger partial charge in [0.25, 0.3) is 0 Å². The molecular formula is C16H18N4O. The Balaban J connectivity index is 1.64. The number of nitrogens with zero attached hydrogens (tertiary/aromatic N) is 4. The van der Waals surface area contributed by atoms with Gasteiger partial charge in [-0.2, -0.15) is 0 Å². The van der Waals surface area contributed by atoms with Crippen molar-refractivity contribution in [3.8, 4) is 0 Å². The predicted octanol–water partition coefficient (Wildman–Crippen LogP) is 2.38. The molecule has 5 nitrogen and oxygen atoms in total. The first-order valence-electron chi connectivity index (χ1n) is 7.34. The van der Waals surface area contributed by atoms with Crippen LogP contribution in [0.5, 0.6) is 0 Å². The van der Waals surface area contributed by atoms with Crippen molar-refractivity contribution in [3.05, 3.63) is 48.3 Å². The van der Waals surface area contributed by atoms with Gasteiger partial charge in [0.05, 0.1) is 29.3 Å². The second-order valence-electron chi connectivity index (χ2n) is 5.75. The van der Waals surface area contributed by atoms with Crippen molar-refractivity contribution in [2.45, 2.75) is 31.4 Å². The highest BCUT2D eigenvalue weighted by atomic mass is 16.3. The molecule has 2 heterocycles. The van der Waals surface area contributed by atoms with Crippen molar-refractivity contribution < 1.29 is 5.11 Å². The second kappa shape index (κ2) is 4.70. The SMILES string of the molecule is Cn1c(CC(O)c2cncn2C2CC2)nc2ccccc21. The number of aromatic nitrogens is 4. The summed E-state index contributed by atoms with van der Waals surface area (Å²) in [6, 6.07) is 8.56. The largest absolute Gasteiger partial charge is 0.386 e. The molecule has 0 aliphatic heterocycles. The van der Waals surface area contributed by atoms with Crippen LogP contribution in [-0.2, 0) is 13.5 Å². The van der Waals surface area contributed by atoms with E-state index < -0.39 is 6.10 Å². The highest BCUT2D eigenvalue weighted by Crippen LogP contribution is 2.37. The van der Waals surface area contributed by atoms with Gasteiger partial charge in [-0.25, -0.2) is 9.97 Å². The molecule has 3 aromatic rings. The summed E-state index contributed by atoms with van der Waals surface area (Å²) in [4.78, 5) is 8.81. The third-order valence-corrected chi connectivity index (χ3v) is 4.23. The molecule has 1 aliphatic rings. The third kappa shape index (κ3) is 2.14. The number of rotatable bonds is 4. The Kier molecular flexibility index (Phi) is 2.82. The van der Waals surface area contributed by atoms with E-state index in [1.54, 1.807) is 6.20 Å². The van der Waals surface area contributed by atoms with E-state index in [4.69, 9.17) is 0 Å². The van der Waals surface area contributed by atoms with Gasteiger partial charge >= 0.3 is 0 Å². The van der Waals surface area contributed by atoms with Crippen LogP contribution in [0.25, 0.3) is 11.0 Å². The monoisotopic (exact) mass is 282 g/mol.